The molecule has 1 heterocycles. The Bertz CT molecular complexity index is 641. The zero-order chi connectivity index (χ0) is 14.9. The number of aryl methyl sites for hydroxylation is 3. The molecule has 0 amide bonds. The molecule has 0 spiro atoms. The summed E-state index contributed by atoms with van der Waals surface area (Å²) in [6, 6.07) is 5.45. The fourth-order valence-electron chi connectivity index (χ4n) is 2.27. The van der Waals surface area contributed by atoms with Gasteiger partial charge in [-0.2, -0.15) is 0 Å². The molecular formula is C15H17F2N3. The molecule has 2 rings (SSSR count). The molecule has 0 aliphatic heterocycles. The number of nitrogens with zero attached hydrogens (tertiary/aromatic N) is 1. The molecule has 3 N–H and O–H groups in total. The standard InChI is InChI=1S/C15H17F2N3/c1-8-4-7-12(16)13(14(8)17)15(20-18)11-6-5-9(2)19-10(11)3/h4-7,15,20H,18H2,1-3H3. The number of rotatable bonds is 3. The summed E-state index contributed by atoms with van der Waals surface area (Å²) >= 11 is 0. The first-order valence-electron chi connectivity index (χ1n) is 6.30. The van der Waals surface area contributed by atoms with Crippen LogP contribution < -0.4 is 11.3 Å². The van der Waals surface area contributed by atoms with Crippen LogP contribution in [0.15, 0.2) is 24.3 Å². The van der Waals surface area contributed by atoms with Gasteiger partial charge < -0.3 is 0 Å². The van der Waals surface area contributed by atoms with Crippen LogP contribution in [-0.4, -0.2) is 4.98 Å². The molecule has 3 nitrogen and oxygen atoms in total. The van der Waals surface area contributed by atoms with Crippen LogP contribution in [0.4, 0.5) is 8.78 Å². The van der Waals surface area contributed by atoms with Gasteiger partial charge in [0.2, 0.25) is 0 Å². The van der Waals surface area contributed by atoms with Gasteiger partial charge in [0.25, 0.3) is 0 Å². The molecule has 0 aliphatic rings. The Morgan fingerprint density at radius 1 is 1.10 bits per heavy atom. The third kappa shape index (κ3) is 2.55. The fraction of sp³-hybridized carbons (Fsp3) is 0.267. The average molecular weight is 277 g/mol. The lowest BCUT2D eigenvalue weighted by Crippen LogP contribution is -2.31. The van der Waals surface area contributed by atoms with E-state index in [4.69, 9.17) is 5.84 Å². The second kappa shape index (κ2) is 5.64. The summed E-state index contributed by atoms with van der Waals surface area (Å²) in [6.07, 6.45) is 0. The highest BCUT2D eigenvalue weighted by Gasteiger charge is 2.23. The molecule has 0 bridgehead atoms. The van der Waals surface area contributed by atoms with E-state index in [1.165, 1.54) is 12.1 Å². The quantitative estimate of drug-likeness (QED) is 0.670. The molecule has 5 heteroatoms. The van der Waals surface area contributed by atoms with E-state index in [0.717, 1.165) is 5.69 Å². The van der Waals surface area contributed by atoms with Crippen LogP contribution in [0.1, 0.15) is 34.1 Å². The molecule has 0 aliphatic carbocycles. The third-order valence-electron chi connectivity index (χ3n) is 3.35. The van der Waals surface area contributed by atoms with E-state index in [1.54, 1.807) is 26.0 Å². The number of nitrogens with two attached hydrogens (primary N) is 1. The highest BCUT2D eigenvalue weighted by atomic mass is 19.1. The van der Waals surface area contributed by atoms with Gasteiger partial charge in [-0.25, -0.2) is 14.2 Å². The van der Waals surface area contributed by atoms with E-state index in [1.807, 2.05) is 6.92 Å². The number of benzene rings is 1. The van der Waals surface area contributed by atoms with E-state index < -0.39 is 17.7 Å². The van der Waals surface area contributed by atoms with Crippen molar-refractivity contribution >= 4 is 0 Å². The number of hydrogen-bond acceptors (Lipinski definition) is 3. The number of aromatic nitrogens is 1. The zero-order valence-corrected chi connectivity index (χ0v) is 11.7. The summed E-state index contributed by atoms with van der Waals surface area (Å²) in [4.78, 5) is 4.31. The molecule has 1 aromatic carbocycles. The van der Waals surface area contributed by atoms with Gasteiger partial charge in [-0.1, -0.05) is 12.1 Å². The molecule has 0 saturated carbocycles. The molecule has 1 aromatic heterocycles. The second-order valence-electron chi connectivity index (χ2n) is 4.82. The molecule has 2 aromatic rings. The minimum absolute atomic E-state index is 0.0822. The van der Waals surface area contributed by atoms with Gasteiger partial charge in [-0.05, 0) is 44.0 Å². The summed E-state index contributed by atoms with van der Waals surface area (Å²) in [5.74, 6) is 4.30. The summed E-state index contributed by atoms with van der Waals surface area (Å²) in [6.45, 7) is 5.24. The Morgan fingerprint density at radius 2 is 1.80 bits per heavy atom. The molecule has 1 unspecified atom stereocenters. The van der Waals surface area contributed by atoms with Crippen molar-refractivity contribution in [3.05, 3.63) is 64.0 Å². The number of nitrogens with one attached hydrogen (secondary N) is 1. The van der Waals surface area contributed by atoms with E-state index in [9.17, 15) is 8.78 Å². The van der Waals surface area contributed by atoms with Crippen LogP contribution >= 0.6 is 0 Å². The molecule has 0 saturated heterocycles. The molecule has 0 fully saturated rings. The van der Waals surface area contributed by atoms with Gasteiger partial charge in [0.1, 0.15) is 11.6 Å². The van der Waals surface area contributed by atoms with Crippen molar-refractivity contribution in [1.29, 1.82) is 0 Å². The SMILES string of the molecule is Cc1ccc(C(NN)c2c(F)ccc(C)c2F)c(C)n1. The smallest absolute Gasteiger partial charge is 0.134 e. The highest BCUT2D eigenvalue weighted by Crippen LogP contribution is 2.29. The van der Waals surface area contributed by atoms with Crippen LogP contribution in [0.5, 0.6) is 0 Å². The van der Waals surface area contributed by atoms with Crippen LogP contribution in [0, 0.1) is 32.4 Å². The van der Waals surface area contributed by atoms with Gasteiger partial charge in [0, 0.05) is 17.0 Å². The van der Waals surface area contributed by atoms with Crippen LogP contribution in [0.3, 0.4) is 0 Å². The summed E-state index contributed by atoms with van der Waals surface area (Å²) in [7, 11) is 0. The molecular weight excluding hydrogens is 260 g/mol. The number of pyridine rings is 1. The largest absolute Gasteiger partial charge is 0.271 e. The van der Waals surface area contributed by atoms with Crippen molar-refractivity contribution < 1.29 is 8.78 Å². The average Bonchev–Trinajstić information content (AvgIpc) is 2.40. The number of hydrazine groups is 1. The zero-order valence-electron chi connectivity index (χ0n) is 11.7. The van der Waals surface area contributed by atoms with Gasteiger partial charge >= 0.3 is 0 Å². The van der Waals surface area contributed by atoms with Crippen LogP contribution in [0.2, 0.25) is 0 Å². The summed E-state index contributed by atoms with van der Waals surface area (Å²) < 4.78 is 28.2. The number of halogens is 2. The summed E-state index contributed by atoms with van der Waals surface area (Å²) in [5, 5.41) is 0. The Morgan fingerprint density at radius 3 is 2.40 bits per heavy atom. The minimum atomic E-state index is -0.775. The first-order chi connectivity index (χ1) is 9.45. The summed E-state index contributed by atoms with van der Waals surface area (Å²) in [5.41, 5.74) is 4.96. The van der Waals surface area contributed by atoms with Gasteiger partial charge in [0.15, 0.2) is 0 Å². The van der Waals surface area contributed by atoms with Crippen molar-refractivity contribution in [2.45, 2.75) is 26.8 Å². The predicted octanol–water partition coefficient (Wildman–Crippen LogP) is 2.84. The maximum Gasteiger partial charge on any atom is 0.134 e. The van der Waals surface area contributed by atoms with E-state index in [-0.39, 0.29) is 5.56 Å². The lowest BCUT2D eigenvalue weighted by atomic mass is 9.95. The van der Waals surface area contributed by atoms with Gasteiger partial charge in [0.05, 0.1) is 6.04 Å². The second-order valence-corrected chi connectivity index (χ2v) is 4.82. The Labute approximate surface area is 116 Å². The molecule has 20 heavy (non-hydrogen) atoms. The Balaban J connectivity index is 2.61. The van der Waals surface area contributed by atoms with Crippen LogP contribution in [-0.2, 0) is 0 Å². The lowest BCUT2D eigenvalue weighted by molar-refractivity contribution is 0.505. The van der Waals surface area contributed by atoms with Crippen LogP contribution in [0.25, 0.3) is 0 Å². The predicted molar refractivity (Wildman–Crippen MR) is 74.0 cm³/mol. The van der Waals surface area contributed by atoms with Crippen molar-refractivity contribution in [3.63, 3.8) is 0 Å². The van der Waals surface area contributed by atoms with Gasteiger partial charge in [-0.15, -0.1) is 0 Å². The fourth-order valence-corrected chi connectivity index (χ4v) is 2.27. The Hall–Kier alpha value is -1.85. The lowest BCUT2D eigenvalue weighted by Gasteiger charge is -2.20. The monoisotopic (exact) mass is 277 g/mol. The topological polar surface area (TPSA) is 50.9 Å². The first kappa shape index (κ1) is 14.6. The van der Waals surface area contributed by atoms with E-state index in [0.29, 0.717) is 16.8 Å². The third-order valence-corrected chi connectivity index (χ3v) is 3.35. The van der Waals surface area contributed by atoms with E-state index >= 15 is 0 Å². The first-order valence-corrected chi connectivity index (χ1v) is 6.30. The van der Waals surface area contributed by atoms with Crippen molar-refractivity contribution in [2.24, 2.45) is 5.84 Å². The van der Waals surface area contributed by atoms with Gasteiger partial charge in [-0.3, -0.25) is 10.8 Å². The normalized spacial score (nSPS) is 12.5. The molecule has 1 atom stereocenters. The van der Waals surface area contributed by atoms with Crippen molar-refractivity contribution in [2.75, 3.05) is 0 Å². The maximum absolute atomic E-state index is 14.2. The Kier molecular flexibility index (Phi) is 4.11. The number of hydrogen-bond donors (Lipinski definition) is 2. The molecule has 0 radical (unpaired) electrons. The molecule has 106 valence electrons. The minimum Gasteiger partial charge on any atom is -0.271 e. The van der Waals surface area contributed by atoms with Crippen molar-refractivity contribution in [1.82, 2.24) is 10.4 Å². The highest BCUT2D eigenvalue weighted by molar-refractivity contribution is 5.38. The van der Waals surface area contributed by atoms with Crippen molar-refractivity contribution in [3.8, 4) is 0 Å². The van der Waals surface area contributed by atoms with E-state index in [2.05, 4.69) is 10.4 Å². The maximum atomic E-state index is 14.2.